The Hall–Kier alpha value is -5.77. The summed E-state index contributed by atoms with van der Waals surface area (Å²) >= 11 is 0. The Morgan fingerprint density at radius 1 is 0.633 bits per heavy atom. The van der Waals surface area contributed by atoms with Crippen LogP contribution in [0.5, 0.6) is 0 Å². The third-order valence-corrected chi connectivity index (χ3v) is 9.27. The van der Waals surface area contributed by atoms with Gasteiger partial charge in [0.05, 0.1) is 11.0 Å². The van der Waals surface area contributed by atoms with E-state index in [9.17, 15) is 0 Å². The fourth-order valence-corrected chi connectivity index (χ4v) is 7.12. The summed E-state index contributed by atoms with van der Waals surface area (Å²) in [6.07, 6.45) is 1.81. The molecule has 0 aliphatic heterocycles. The fourth-order valence-electron chi connectivity index (χ4n) is 7.12. The molecule has 0 N–H and O–H groups in total. The molecule has 0 spiro atoms. The van der Waals surface area contributed by atoms with Gasteiger partial charge in [0.2, 0.25) is 0 Å². The van der Waals surface area contributed by atoms with Crippen LogP contribution in [-0.4, -0.2) is 19.1 Å². The van der Waals surface area contributed by atoms with Gasteiger partial charge in [0, 0.05) is 27.1 Å². The van der Waals surface area contributed by atoms with E-state index in [1.165, 1.54) is 0 Å². The molecule has 6 heteroatoms. The zero-order valence-electron chi connectivity index (χ0n) is 28.9. The van der Waals surface area contributed by atoms with Crippen LogP contribution in [0, 0.1) is 12.9 Å². The standard InChI is InChI=1S/C43H27N5.Pt/c1-27-19-22-29(23-20-27)47-38-17-9-12-30(42(38)46-43(47)35-14-8-13-34-31-10-2-4-15-36(31)45-41(34)35)28-21-24-33-32-11-3-5-16-37(32)48(39(33)26-28)40-18-6-7-25-44-40;/h2-25H,1H3;/q-2;+2/i1D3;. The first-order valence-electron chi connectivity index (χ1n) is 17.4. The van der Waals surface area contributed by atoms with E-state index in [1.54, 1.807) is 12.1 Å². The number of aromatic nitrogens is 5. The molecule has 234 valence electrons. The molecule has 5 nitrogen and oxygen atoms in total. The minimum absolute atomic E-state index is 0. The number of benzene rings is 6. The van der Waals surface area contributed by atoms with Gasteiger partial charge in [0.1, 0.15) is 11.6 Å². The van der Waals surface area contributed by atoms with Gasteiger partial charge in [-0.05, 0) is 64.9 Å². The predicted octanol–water partition coefficient (Wildman–Crippen LogP) is 10.2. The van der Waals surface area contributed by atoms with Crippen LogP contribution in [0.4, 0.5) is 0 Å². The minimum atomic E-state index is -2.21. The first kappa shape index (κ1) is 26.2. The second-order valence-corrected chi connectivity index (χ2v) is 12.0. The number of nitrogens with zero attached hydrogens (tertiary/aromatic N) is 5. The molecule has 0 fully saturated rings. The topological polar surface area (TPSA) is 49.7 Å². The summed E-state index contributed by atoms with van der Waals surface area (Å²) in [6.45, 7) is -2.21. The number of para-hydroxylation sites is 4. The molecule has 49 heavy (non-hydrogen) atoms. The number of hydrogen-bond donors (Lipinski definition) is 0. The zero-order valence-corrected chi connectivity index (χ0v) is 28.2. The van der Waals surface area contributed by atoms with Crippen LogP contribution in [0.3, 0.4) is 0 Å². The van der Waals surface area contributed by atoms with Crippen LogP contribution in [0.25, 0.3) is 88.7 Å². The molecule has 10 rings (SSSR count). The second kappa shape index (κ2) is 11.4. The van der Waals surface area contributed by atoms with Gasteiger partial charge in [-0.3, -0.25) is 4.57 Å². The molecule has 10 aromatic rings. The number of rotatable bonds is 4. The maximum absolute atomic E-state index is 7.95. The van der Waals surface area contributed by atoms with Gasteiger partial charge in [0.25, 0.3) is 0 Å². The third kappa shape index (κ3) is 4.50. The second-order valence-electron chi connectivity index (χ2n) is 12.0. The van der Waals surface area contributed by atoms with Crippen molar-refractivity contribution in [2.24, 2.45) is 0 Å². The fraction of sp³-hybridized carbons (Fsp3) is 0.0233. The van der Waals surface area contributed by atoms with Gasteiger partial charge in [0.15, 0.2) is 0 Å². The minimum Gasteiger partial charge on any atom is -0.656 e. The third-order valence-electron chi connectivity index (χ3n) is 9.27. The van der Waals surface area contributed by atoms with E-state index < -0.39 is 6.85 Å². The predicted molar refractivity (Wildman–Crippen MR) is 196 cm³/mol. The van der Waals surface area contributed by atoms with Crippen molar-refractivity contribution in [3.8, 4) is 34.0 Å². The molecule has 0 radical (unpaired) electrons. The molecule has 0 atom stereocenters. The van der Waals surface area contributed by atoms with Crippen molar-refractivity contribution < 1.29 is 25.2 Å². The number of imidazole rings is 1. The molecule has 4 aromatic heterocycles. The van der Waals surface area contributed by atoms with Crippen molar-refractivity contribution in [3.63, 3.8) is 0 Å². The molecular weight excluding hydrogens is 782 g/mol. The zero-order chi connectivity index (χ0) is 34.3. The smallest absolute Gasteiger partial charge is 0.656 e. The quantitative estimate of drug-likeness (QED) is 0.166. The van der Waals surface area contributed by atoms with E-state index in [0.717, 1.165) is 88.7 Å². The molecule has 6 aromatic carbocycles. The van der Waals surface area contributed by atoms with Crippen molar-refractivity contribution >= 4 is 54.6 Å². The van der Waals surface area contributed by atoms with Crippen LogP contribution in [0.15, 0.2) is 146 Å². The Kier molecular flexibility index (Phi) is 6.12. The largest absolute Gasteiger partial charge is 2.00 e. The first-order chi connectivity index (χ1) is 24.9. The van der Waals surface area contributed by atoms with Crippen LogP contribution < -0.4 is 4.98 Å². The van der Waals surface area contributed by atoms with E-state index in [4.69, 9.17) is 19.1 Å². The van der Waals surface area contributed by atoms with Gasteiger partial charge in [-0.15, -0.1) is 34.8 Å². The Bertz CT molecular complexity index is 2960. The Balaban J connectivity index is 0.00000360. The molecule has 0 aliphatic carbocycles. The monoisotopic (exact) mass is 811 g/mol. The number of pyridine rings is 1. The van der Waals surface area contributed by atoms with Gasteiger partial charge in [-0.1, -0.05) is 108 Å². The van der Waals surface area contributed by atoms with E-state index in [-0.39, 0.29) is 26.6 Å². The molecule has 0 bridgehead atoms. The maximum Gasteiger partial charge on any atom is 2.00 e. The van der Waals surface area contributed by atoms with Gasteiger partial charge >= 0.3 is 21.1 Å². The van der Waals surface area contributed by atoms with Crippen LogP contribution in [-0.2, 0) is 21.1 Å². The molecule has 0 saturated carbocycles. The molecule has 0 aliphatic rings. The molecule has 0 saturated heterocycles. The average molecular weight is 812 g/mol. The van der Waals surface area contributed by atoms with E-state index >= 15 is 0 Å². The van der Waals surface area contributed by atoms with E-state index in [1.807, 2.05) is 72.9 Å². The summed E-state index contributed by atoms with van der Waals surface area (Å²) in [5, 5.41) is 4.37. The summed E-state index contributed by atoms with van der Waals surface area (Å²) < 4.78 is 28.1. The summed E-state index contributed by atoms with van der Waals surface area (Å²) in [6, 6.07) is 50.0. The van der Waals surface area contributed by atoms with Crippen LogP contribution in [0.2, 0.25) is 0 Å². The number of hydrogen-bond acceptors (Lipinski definition) is 2. The summed E-state index contributed by atoms with van der Waals surface area (Å²) in [4.78, 5) is 15.2. The van der Waals surface area contributed by atoms with Gasteiger partial charge in [-0.25, -0.2) is 9.97 Å². The summed E-state index contributed by atoms with van der Waals surface area (Å²) in [7, 11) is 0. The molecule has 0 amide bonds. The molecular formula is C43H27N5Pt. The van der Waals surface area contributed by atoms with Crippen molar-refractivity contribution in [3.05, 3.63) is 157 Å². The Morgan fingerprint density at radius 3 is 2.24 bits per heavy atom. The Morgan fingerprint density at radius 2 is 1.39 bits per heavy atom. The molecule has 0 unspecified atom stereocenters. The normalized spacial score (nSPS) is 12.8. The van der Waals surface area contributed by atoms with E-state index in [0.29, 0.717) is 0 Å². The van der Waals surface area contributed by atoms with Crippen molar-refractivity contribution in [2.45, 2.75) is 6.85 Å². The first-order valence-corrected chi connectivity index (χ1v) is 15.9. The molecule has 4 heterocycles. The number of fused-ring (bicyclic) bond motifs is 7. The summed E-state index contributed by atoms with van der Waals surface area (Å²) in [5.41, 5.74) is 9.29. The van der Waals surface area contributed by atoms with Crippen LogP contribution in [0.1, 0.15) is 9.68 Å². The van der Waals surface area contributed by atoms with Crippen molar-refractivity contribution in [2.75, 3.05) is 0 Å². The van der Waals surface area contributed by atoms with Gasteiger partial charge < -0.3 is 9.55 Å². The SMILES string of the molecule is [2H]C([2H])([2H])c1ccc(-n2c(-c3cccc4c3[n-]c3ccccc34)nc3c(-c4[c-]c5c(cc4)c4ccccc4n5-c4ccccn4)cccc32)cc1.[Pt+2]. The maximum atomic E-state index is 7.95. The van der Waals surface area contributed by atoms with Gasteiger partial charge in [-0.2, -0.15) is 0 Å². The van der Waals surface area contributed by atoms with Crippen LogP contribution >= 0.6 is 0 Å². The van der Waals surface area contributed by atoms with Crippen molar-refractivity contribution in [1.29, 1.82) is 0 Å². The summed E-state index contributed by atoms with van der Waals surface area (Å²) in [5.74, 6) is 1.54. The Labute approximate surface area is 301 Å². The number of aryl methyl sites for hydroxylation is 1. The van der Waals surface area contributed by atoms with Crippen molar-refractivity contribution in [1.82, 2.24) is 24.1 Å². The average Bonchev–Trinajstić information content (AvgIpc) is 3.84. The van der Waals surface area contributed by atoms with E-state index in [2.05, 4.69) is 75.9 Å².